The zero-order valence-corrected chi connectivity index (χ0v) is 30.4. The normalized spacial score (nSPS) is 53.2. The average molecular weight is 714 g/mol. The van der Waals surface area contributed by atoms with Crippen molar-refractivity contribution in [2.24, 2.45) is 23.5 Å². The Morgan fingerprint density at radius 1 is 0.765 bits per heavy atom. The van der Waals surface area contributed by atoms with E-state index >= 15 is 0 Å². The summed E-state index contributed by atoms with van der Waals surface area (Å²) in [7, 11) is 0. The minimum Gasteiger partial charge on any atom is -0.392 e. The van der Waals surface area contributed by atoms with Crippen molar-refractivity contribution in [2.75, 3.05) is 6.54 Å². The standard InChI is InChI=1S/C40H59NO10/c1-19-11-25-5-7-29-20(2)12-27(44-29)9-10-40-17-34-36(50-40)37-38(49-34)39(51-40)35-30(48-37)8-6-26(46-35)13-23(42)14-28-22(4)31(15-24(43)18-41)47-33(28)16-32(45-25)21(19)3/h19,22,24-39,43H,2-3,5-18,41H2,1,4H3/t19-,22-,24+,25?,26?,27+,28-,29+,30+,31-,32-,33?,34-,35+,36?,37+,38-,39+,40+/m1/s1. The number of ether oxygens (including phenoxy) is 8. The van der Waals surface area contributed by atoms with Crippen LogP contribution in [-0.4, -0.2) is 115 Å². The highest BCUT2D eigenvalue weighted by Crippen LogP contribution is 2.54. The Balaban J connectivity index is 0.986. The van der Waals surface area contributed by atoms with Crippen molar-refractivity contribution in [1.29, 1.82) is 0 Å². The SMILES string of the molecule is C=C1C[C@@H]2CC[C@@]34C[C@H]5O[C@H]6[C@@H](O3)[C@H]3OC(CC[C@@H]3O[C@H]6C5O4)CC(=O)C[C@H]3C(C[C@H]4OC(CC[C@@H]1O2)C[C@@H](C)C4=C)O[C@H](C[C@H](O)CN)[C@@H]3C. The third-order valence-electron chi connectivity index (χ3n) is 14.2. The van der Waals surface area contributed by atoms with E-state index in [2.05, 4.69) is 27.0 Å². The van der Waals surface area contributed by atoms with Gasteiger partial charge < -0.3 is 48.7 Å². The van der Waals surface area contributed by atoms with E-state index in [0.717, 1.165) is 56.1 Å². The molecule has 12 bridgehead atoms. The molecular formula is C40H59NO10. The Morgan fingerprint density at radius 2 is 1.51 bits per heavy atom. The predicted molar refractivity (Wildman–Crippen MR) is 185 cm³/mol. The minimum atomic E-state index is -0.765. The maximum Gasteiger partial charge on any atom is 0.172 e. The van der Waals surface area contributed by atoms with Crippen molar-refractivity contribution in [3.63, 3.8) is 0 Å². The number of nitrogens with two attached hydrogens (primary N) is 1. The Kier molecular flexibility index (Phi) is 9.59. The molecule has 284 valence electrons. The molecule has 3 N–H and O–H groups in total. The monoisotopic (exact) mass is 713 g/mol. The van der Waals surface area contributed by atoms with E-state index in [1.807, 2.05) is 0 Å². The maximum atomic E-state index is 14.0. The molecule has 11 heteroatoms. The van der Waals surface area contributed by atoms with Crippen molar-refractivity contribution in [2.45, 2.75) is 195 Å². The van der Waals surface area contributed by atoms with Crippen molar-refractivity contribution in [3.05, 3.63) is 24.3 Å². The van der Waals surface area contributed by atoms with E-state index < -0.39 is 11.9 Å². The van der Waals surface area contributed by atoms with Gasteiger partial charge in [-0.2, -0.15) is 0 Å². The van der Waals surface area contributed by atoms with Crippen LogP contribution in [0.5, 0.6) is 0 Å². The quantitative estimate of drug-likeness (QED) is 0.410. The van der Waals surface area contributed by atoms with Gasteiger partial charge in [0.25, 0.3) is 0 Å². The van der Waals surface area contributed by atoms with Crippen LogP contribution in [-0.2, 0) is 42.7 Å². The Labute approximate surface area is 302 Å². The van der Waals surface area contributed by atoms with Crippen LogP contribution in [0, 0.1) is 17.8 Å². The lowest BCUT2D eigenvalue weighted by atomic mass is 9.78. The van der Waals surface area contributed by atoms with Gasteiger partial charge in [-0.25, -0.2) is 0 Å². The molecule has 10 aliphatic rings. The minimum absolute atomic E-state index is 0.00127. The third kappa shape index (κ3) is 6.53. The molecule has 10 aliphatic heterocycles. The zero-order valence-electron chi connectivity index (χ0n) is 30.4. The van der Waals surface area contributed by atoms with Crippen molar-refractivity contribution < 1.29 is 47.8 Å². The molecule has 0 amide bonds. The third-order valence-corrected chi connectivity index (χ3v) is 14.2. The number of Topliss-reactive ketones (excluding diaryl/α,β-unsaturated/α-hetero) is 1. The van der Waals surface area contributed by atoms with Crippen LogP contribution in [0.4, 0.5) is 0 Å². The molecule has 0 saturated carbocycles. The highest BCUT2D eigenvalue weighted by atomic mass is 16.8. The molecule has 0 aromatic rings. The van der Waals surface area contributed by atoms with Gasteiger partial charge in [-0.05, 0) is 73.8 Å². The largest absolute Gasteiger partial charge is 0.392 e. The van der Waals surface area contributed by atoms with Gasteiger partial charge >= 0.3 is 0 Å². The van der Waals surface area contributed by atoms with Crippen molar-refractivity contribution in [1.82, 2.24) is 0 Å². The number of aliphatic hydroxyl groups excluding tert-OH is 1. The van der Waals surface area contributed by atoms with E-state index in [1.54, 1.807) is 0 Å². The fourth-order valence-corrected chi connectivity index (χ4v) is 11.3. The molecular weight excluding hydrogens is 654 g/mol. The second-order valence-electron chi connectivity index (χ2n) is 17.6. The van der Waals surface area contributed by atoms with Gasteiger partial charge in [-0.1, -0.05) is 27.0 Å². The van der Waals surface area contributed by atoms with Crippen LogP contribution in [0.3, 0.4) is 0 Å². The number of carbonyl (C=O) groups excluding carboxylic acids is 1. The van der Waals surface area contributed by atoms with Gasteiger partial charge in [0.1, 0.15) is 36.3 Å². The number of carbonyl (C=O) groups is 1. The molecule has 10 heterocycles. The fraction of sp³-hybridized carbons (Fsp3) is 0.875. The molecule has 1 spiro atoms. The van der Waals surface area contributed by atoms with Gasteiger partial charge in [0.2, 0.25) is 0 Å². The second-order valence-corrected chi connectivity index (χ2v) is 17.6. The van der Waals surface area contributed by atoms with Gasteiger partial charge in [0.15, 0.2) is 5.79 Å². The molecule has 0 radical (unpaired) electrons. The van der Waals surface area contributed by atoms with Crippen LogP contribution < -0.4 is 5.73 Å². The Hall–Kier alpha value is -1.25. The first-order valence-corrected chi connectivity index (χ1v) is 20.1. The number of hydrogen-bond acceptors (Lipinski definition) is 11. The topological polar surface area (TPSA) is 137 Å². The summed E-state index contributed by atoms with van der Waals surface area (Å²) in [6, 6.07) is 0. The lowest BCUT2D eigenvalue weighted by molar-refractivity contribution is -0.292. The summed E-state index contributed by atoms with van der Waals surface area (Å²) in [5, 5.41) is 10.5. The average Bonchev–Trinajstić information content (AvgIpc) is 3.77. The van der Waals surface area contributed by atoms with E-state index in [0.29, 0.717) is 44.4 Å². The molecule has 4 unspecified atom stereocenters. The summed E-state index contributed by atoms with van der Waals surface area (Å²) in [6.07, 6.45) is 6.43. The maximum absolute atomic E-state index is 14.0. The van der Waals surface area contributed by atoms with E-state index in [4.69, 9.17) is 43.6 Å². The van der Waals surface area contributed by atoms with Crippen molar-refractivity contribution >= 4 is 5.78 Å². The van der Waals surface area contributed by atoms with Gasteiger partial charge in [0, 0.05) is 45.1 Å². The number of ketones is 1. The van der Waals surface area contributed by atoms with Crippen LogP contribution in [0.2, 0.25) is 0 Å². The van der Waals surface area contributed by atoms with Crippen LogP contribution in [0.15, 0.2) is 24.3 Å². The summed E-state index contributed by atoms with van der Waals surface area (Å²) in [5.74, 6) is -0.222. The zero-order chi connectivity index (χ0) is 35.2. The molecule has 10 saturated heterocycles. The van der Waals surface area contributed by atoms with Gasteiger partial charge in [-0.15, -0.1) is 0 Å². The highest BCUT2D eigenvalue weighted by molar-refractivity contribution is 5.79. The predicted octanol–water partition coefficient (Wildman–Crippen LogP) is 4.06. The number of hydrogen-bond donors (Lipinski definition) is 2. The first-order chi connectivity index (χ1) is 24.6. The summed E-state index contributed by atoms with van der Waals surface area (Å²) in [4.78, 5) is 14.0. The Bertz CT molecular complexity index is 1360. The first kappa shape index (κ1) is 35.5. The van der Waals surface area contributed by atoms with Crippen LogP contribution in [0.1, 0.15) is 97.3 Å². The second kappa shape index (κ2) is 13.8. The molecule has 51 heavy (non-hydrogen) atoms. The van der Waals surface area contributed by atoms with E-state index in [-0.39, 0.29) is 110 Å². The van der Waals surface area contributed by atoms with Gasteiger partial charge in [-0.3, -0.25) is 4.79 Å². The molecule has 0 aromatic carbocycles. The molecule has 0 aliphatic carbocycles. The summed E-state index contributed by atoms with van der Waals surface area (Å²) in [6.45, 7) is 13.5. The number of aliphatic hydroxyl groups is 1. The lowest BCUT2D eigenvalue weighted by Gasteiger charge is -2.47. The number of fused-ring (bicyclic) bond motifs is 6. The summed E-state index contributed by atoms with van der Waals surface area (Å²) < 4.78 is 54.0. The molecule has 11 nitrogen and oxygen atoms in total. The van der Waals surface area contributed by atoms with Gasteiger partial charge in [0.05, 0.1) is 61.0 Å². The molecule has 10 rings (SSSR count). The van der Waals surface area contributed by atoms with E-state index in [9.17, 15) is 9.90 Å². The van der Waals surface area contributed by atoms with Crippen LogP contribution >= 0.6 is 0 Å². The first-order valence-electron chi connectivity index (χ1n) is 20.1. The number of rotatable bonds is 3. The Morgan fingerprint density at radius 3 is 2.35 bits per heavy atom. The molecule has 10 fully saturated rings. The lowest BCUT2D eigenvalue weighted by Crippen LogP contribution is -2.61. The molecule has 19 atom stereocenters. The highest BCUT2D eigenvalue weighted by Gasteiger charge is 2.68. The van der Waals surface area contributed by atoms with E-state index in [1.165, 1.54) is 0 Å². The van der Waals surface area contributed by atoms with Crippen molar-refractivity contribution in [3.8, 4) is 0 Å². The van der Waals surface area contributed by atoms with Crippen LogP contribution in [0.25, 0.3) is 0 Å². The summed E-state index contributed by atoms with van der Waals surface area (Å²) >= 11 is 0. The smallest absolute Gasteiger partial charge is 0.172 e. The fourth-order valence-electron chi connectivity index (χ4n) is 11.3. The summed E-state index contributed by atoms with van der Waals surface area (Å²) in [5.41, 5.74) is 8.06. The molecule has 0 aromatic heterocycles.